The van der Waals surface area contributed by atoms with Crippen molar-refractivity contribution in [3.8, 4) is 0 Å². The van der Waals surface area contributed by atoms with Crippen molar-refractivity contribution in [3.05, 3.63) is 0 Å². The van der Waals surface area contributed by atoms with Crippen LogP contribution in [0.5, 0.6) is 0 Å². The van der Waals surface area contributed by atoms with Crippen LogP contribution in [0, 0.1) is 0 Å². The van der Waals surface area contributed by atoms with Crippen molar-refractivity contribution >= 4 is 0 Å². The number of ether oxygens (including phenoxy) is 1. The highest BCUT2D eigenvalue weighted by Gasteiger charge is 2.28. The van der Waals surface area contributed by atoms with Crippen molar-refractivity contribution < 1.29 is 22.4 Å². The molecule has 0 fully saturated rings. The quantitative estimate of drug-likeness (QED) is 0.395. The SMILES string of the molecule is CC(C)N(CCNCOC(F)(F)F)CC[N+](C)(C)C. The summed E-state index contributed by atoms with van der Waals surface area (Å²) in [5.74, 6) is 0. The number of hydrogen-bond donors (Lipinski definition) is 1. The number of nitrogens with zero attached hydrogens (tertiary/aromatic N) is 2. The zero-order valence-electron chi connectivity index (χ0n) is 12.5. The van der Waals surface area contributed by atoms with E-state index in [1.54, 1.807) is 0 Å². The molecular formula is C12H27F3N3O+. The number of likely N-dealkylation sites (N-methyl/N-ethyl adjacent to an activating group) is 1. The molecule has 0 heterocycles. The number of quaternary nitrogens is 1. The number of halogens is 3. The zero-order chi connectivity index (χ0) is 15.1. The Labute approximate surface area is 114 Å². The molecule has 0 atom stereocenters. The highest BCUT2D eigenvalue weighted by Crippen LogP contribution is 2.14. The Bertz CT molecular complexity index is 239. The van der Waals surface area contributed by atoms with Gasteiger partial charge in [0.1, 0.15) is 6.73 Å². The lowest BCUT2D eigenvalue weighted by Gasteiger charge is -2.31. The van der Waals surface area contributed by atoms with Gasteiger partial charge in [0.05, 0.1) is 27.7 Å². The van der Waals surface area contributed by atoms with Crippen LogP contribution in [-0.2, 0) is 4.74 Å². The Morgan fingerprint density at radius 2 is 1.74 bits per heavy atom. The fourth-order valence-corrected chi connectivity index (χ4v) is 1.48. The van der Waals surface area contributed by atoms with Crippen molar-refractivity contribution in [3.63, 3.8) is 0 Å². The second-order valence-electron chi connectivity index (χ2n) is 5.88. The highest BCUT2D eigenvalue weighted by atomic mass is 19.4. The van der Waals surface area contributed by atoms with Crippen LogP contribution in [0.15, 0.2) is 0 Å². The molecule has 0 saturated carbocycles. The predicted octanol–water partition coefficient (Wildman–Crippen LogP) is 1.49. The Hall–Kier alpha value is -0.370. The molecule has 0 saturated heterocycles. The summed E-state index contributed by atoms with van der Waals surface area (Å²) in [5.41, 5.74) is 0. The van der Waals surface area contributed by atoms with Crippen molar-refractivity contribution in [2.45, 2.75) is 26.3 Å². The average molecular weight is 286 g/mol. The zero-order valence-corrected chi connectivity index (χ0v) is 12.5. The number of alkyl halides is 3. The van der Waals surface area contributed by atoms with E-state index in [-0.39, 0.29) is 0 Å². The summed E-state index contributed by atoms with van der Waals surface area (Å²) >= 11 is 0. The lowest BCUT2D eigenvalue weighted by atomic mass is 10.3. The average Bonchev–Trinajstić information content (AvgIpc) is 2.18. The van der Waals surface area contributed by atoms with Gasteiger partial charge in [-0.3, -0.25) is 15.0 Å². The molecule has 7 heteroatoms. The van der Waals surface area contributed by atoms with Gasteiger partial charge >= 0.3 is 6.36 Å². The van der Waals surface area contributed by atoms with E-state index in [1.807, 2.05) is 0 Å². The molecular weight excluding hydrogens is 259 g/mol. The molecule has 0 aliphatic carbocycles. The van der Waals surface area contributed by atoms with Gasteiger partial charge in [-0.15, -0.1) is 13.2 Å². The maximum atomic E-state index is 11.7. The van der Waals surface area contributed by atoms with E-state index in [0.717, 1.165) is 17.6 Å². The third-order valence-electron chi connectivity index (χ3n) is 2.70. The second-order valence-corrected chi connectivity index (χ2v) is 5.88. The van der Waals surface area contributed by atoms with Gasteiger partial charge in [-0.05, 0) is 13.8 Å². The molecule has 0 aliphatic rings. The summed E-state index contributed by atoms with van der Waals surface area (Å²) in [6, 6.07) is 0.372. The standard InChI is InChI=1S/C12H27F3N3O/c1-11(2)17(8-9-18(3,4)5)7-6-16-10-19-12(13,14)15/h11,16H,6-10H2,1-5H3/q+1. The third kappa shape index (κ3) is 12.4. The van der Waals surface area contributed by atoms with Crippen molar-refractivity contribution in [2.24, 2.45) is 0 Å². The summed E-state index contributed by atoms with van der Waals surface area (Å²) in [5, 5.41) is 2.64. The number of nitrogens with one attached hydrogen (secondary N) is 1. The van der Waals surface area contributed by atoms with Crippen LogP contribution >= 0.6 is 0 Å². The largest absolute Gasteiger partial charge is 0.523 e. The van der Waals surface area contributed by atoms with E-state index in [2.05, 4.69) is 49.9 Å². The van der Waals surface area contributed by atoms with Crippen LogP contribution in [0.1, 0.15) is 13.8 Å². The maximum Gasteiger partial charge on any atom is 0.523 e. The lowest BCUT2D eigenvalue weighted by Crippen LogP contribution is -2.46. The molecule has 116 valence electrons. The van der Waals surface area contributed by atoms with Crippen molar-refractivity contribution in [1.29, 1.82) is 0 Å². The first kappa shape index (κ1) is 18.6. The molecule has 0 aromatic heterocycles. The van der Waals surface area contributed by atoms with Gasteiger partial charge < -0.3 is 4.48 Å². The summed E-state index contributed by atoms with van der Waals surface area (Å²) < 4.78 is 39.8. The molecule has 0 amide bonds. The first-order chi connectivity index (χ1) is 8.51. The smallest absolute Gasteiger partial charge is 0.330 e. The molecule has 0 spiro atoms. The minimum atomic E-state index is -4.56. The van der Waals surface area contributed by atoms with E-state index in [4.69, 9.17) is 0 Å². The van der Waals surface area contributed by atoms with E-state index < -0.39 is 13.1 Å². The van der Waals surface area contributed by atoms with Crippen LogP contribution < -0.4 is 5.32 Å². The van der Waals surface area contributed by atoms with Gasteiger partial charge in [-0.2, -0.15) is 0 Å². The molecule has 0 bridgehead atoms. The van der Waals surface area contributed by atoms with Gasteiger partial charge in [0.2, 0.25) is 0 Å². The molecule has 0 rings (SSSR count). The Balaban J connectivity index is 3.84. The Morgan fingerprint density at radius 1 is 1.16 bits per heavy atom. The summed E-state index contributed by atoms with van der Waals surface area (Å²) in [6.07, 6.45) is -4.56. The van der Waals surface area contributed by atoms with Crippen molar-refractivity contribution in [2.75, 3.05) is 54.1 Å². The van der Waals surface area contributed by atoms with Gasteiger partial charge in [0, 0.05) is 25.7 Å². The Morgan fingerprint density at radius 3 is 2.16 bits per heavy atom. The molecule has 19 heavy (non-hydrogen) atoms. The fourth-order valence-electron chi connectivity index (χ4n) is 1.48. The molecule has 0 radical (unpaired) electrons. The molecule has 0 aliphatic heterocycles. The summed E-state index contributed by atoms with van der Waals surface area (Å²) in [4.78, 5) is 2.24. The van der Waals surface area contributed by atoms with E-state index >= 15 is 0 Å². The maximum absolute atomic E-state index is 11.7. The van der Waals surface area contributed by atoms with Gasteiger partial charge in [0.15, 0.2) is 0 Å². The van der Waals surface area contributed by atoms with Gasteiger partial charge in [-0.25, -0.2) is 0 Å². The molecule has 4 nitrogen and oxygen atoms in total. The molecule has 0 unspecified atom stereocenters. The normalized spacial score (nSPS) is 13.6. The lowest BCUT2D eigenvalue weighted by molar-refractivity contribution is -0.869. The van der Waals surface area contributed by atoms with Crippen LogP contribution in [0.25, 0.3) is 0 Å². The van der Waals surface area contributed by atoms with E-state index in [1.165, 1.54) is 0 Å². The highest BCUT2D eigenvalue weighted by molar-refractivity contribution is 4.63. The van der Waals surface area contributed by atoms with E-state index in [9.17, 15) is 13.2 Å². The third-order valence-corrected chi connectivity index (χ3v) is 2.70. The van der Waals surface area contributed by atoms with E-state index in [0.29, 0.717) is 19.1 Å². The predicted molar refractivity (Wildman–Crippen MR) is 69.6 cm³/mol. The fraction of sp³-hybridized carbons (Fsp3) is 1.00. The van der Waals surface area contributed by atoms with Crippen LogP contribution in [0.3, 0.4) is 0 Å². The number of hydrogen-bond acceptors (Lipinski definition) is 3. The minimum absolute atomic E-state index is 0.372. The molecule has 0 aromatic carbocycles. The Kier molecular flexibility index (Phi) is 7.88. The first-order valence-corrected chi connectivity index (χ1v) is 6.47. The molecule has 1 N–H and O–H groups in total. The topological polar surface area (TPSA) is 24.5 Å². The summed E-state index contributed by atoms with van der Waals surface area (Å²) in [6.45, 7) is 6.78. The number of rotatable bonds is 9. The van der Waals surface area contributed by atoms with Crippen LogP contribution in [-0.4, -0.2) is 75.8 Å². The van der Waals surface area contributed by atoms with Gasteiger partial charge in [0.25, 0.3) is 0 Å². The molecule has 0 aromatic rings. The minimum Gasteiger partial charge on any atom is -0.330 e. The van der Waals surface area contributed by atoms with Crippen LogP contribution in [0.2, 0.25) is 0 Å². The van der Waals surface area contributed by atoms with Gasteiger partial charge in [-0.1, -0.05) is 0 Å². The van der Waals surface area contributed by atoms with Crippen LogP contribution in [0.4, 0.5) is 13.2 Å². The summed E-state index contributed by atoms with van der Waals surface area (Å²) in [7, 11) is 6.36. The van der Waals surface area contributed by atoms with Crippen molar-refractivity contribution in [1.82, 2.24) is 10.2 Å². The monoisotopic (exact) mass is 286 g/mol. The first-order valence-electron chi connectivity index (χ1n) is 6.47. The second kappa shape index (κ2) is 8.04.